The van der Waals surface area contributed by atoms with Crippen LogP contribution in [0.4, 0.5) is 0 Å². The van der Waals surface area contributed by atoms with Crippen molar-refractivity contribution < 1.29 is 0 Å². The maximum Gasteiger partial charge on any atom is 0.0956 e. The Morgan fingerprint density at radius 3 is 1.71 bits per heavy atom. The van der Waals surface area contributed by atoms with Crippen molar-refractivity contribution in [2.75, 3.05) is 0 Å². The van der Waals surface area contributed by atoms with Crippen LogP contribution in [0.1, 0.15) is 5.56 Å². The van der Waals surface area contributed by atoms with Gasteiger partial charge in [0.2, 0.25) is 0 Å². The molecular weight excluding hydrogens is 292 g/mol. The van der Waals surface area contributed by atoms with E-state index in [1.807, 2.05) is 24.3 Å². The van der Waals surface area contributed by atoms with Crippen molar-refractivity contribution in [3.63, 3.8) is 0 Å². The van der Waals surface area contributed by atoms with E-state index in [0.29, 0.717) is 0 Å². The van der Waals surface area contributed by atoms with Crippen molar-refractivity contribution in [1.29, 1.82) is 0 Å². The van der Waals surface area contributed by atoms with E-state index in [2.05, 4.69) is 77.8 Å². The van der Waals surface area contributed by atoms with E-state index >= 15 is 0 Å². The second-order valence-electron chi connectivity index (χ2n) is 5.88. The molecule has 1 heterocycles. The van der Waals surface area contributed by atoms with Gasteiger partial charge in [0.05, 0.1) is 11.4 Å². The Labute approximate surface area is 141 Å². The number of nitrogens with one attached hydrogen (secondary N) is 1. The Morgan fingerprint density at radius 2 is 1.08 bits per heavy atom. The minimum Gasteiger partial charge on any atom is -0.277 e. The Morgan fingerprint density at radius 1 is 0.583 bits per heavy atom. The maximum absolute atomic E-state index is 4.52. The van der Waals surface area contributed by atoms with Crippen molar-refractivity contribution >= 4 is 0 Å². The van der Waals surface area contributed by atoms with Crippen molar-refractivity contribution in [3.8, 4) is 33.6 Å². The average molecular weight is 310 g/mol. The van der Waals surface area contributed by atoms with Crippen LogP contribution in [-0.2, 0) is 0 Å². The van der Waals surface area contributed by atoms with Crippen LogP contribution in [0.15, 0.2) is 84.9 Å². The monoisotopic (exact) mass is 310 g/mol. The van der Waals surface area contributed by atoms with Crippen molar-refractivity contribution in [3.05, 3.63) is 90.5 Å². The first kappa shape index (κ1) is 14.5. The van der Waals surface area contributed by atoms with E-state index in [4.69, 9.17) is 0 Å². The standard InChI is InChI=1S/C22H18N2/c1-16-21(19-10-6-3-7-11-19)23-24-22(16)20-14-12-18(13-15-20)17-8-4-2-5-9-17/h2-15H,1H3,(H,23,24). The van der Waals surface area contributed by atoms with E-state index in [0.717, 1.165) is 22.5 Å². The fourth-order valence-electron chi connectivity index (χ4n) is 3.02. The van der Waals surface area contributed by atoms with Gasteiger partial charge in [-0.2, -0.15) is 5.10 Å². The molecule has 2 heteroatoms. The average Bonchev–Trinajstić information content (AvgIpc) is 3.05. The van der Waals surface area contributed by atoms with Gasteiger partial charge in [0, 0.05) is 11.1 Å². The van der Waals surface area contributed by atoms with Crippen LogP contribution in [0.25, 0.3) is 33.6 Å². The third kappa shape index (κ3) is 2.63. The molecule has 1 N–H and O–H groups in total. The van der Waals surface area contributed by atoms with Crippen LogP contribution in [0.3, 0.4) is 0 Å². The highest BCUT2D eigenvalue weighted by Gasteiger charge is 2.12. The number of H-pyrrole nitrogens is 1. The van der Waals surface area contributed by atoms with E-state index < -0.39 is 0 Å². The molecule has 0 saturated carbocycles. The first-order valence-electron chi connectivity index (χ1n) is 8.09. The summed E-state index contributed by atoms with van der Waals surface area (Å²) in [6.45, 7) is 2.12. The smallest absolute Gasteiger partial charge is 0.0956 e. The van der Waals surface area contributed by atoms with Gasteiger partial charge in [0.1, 0.15) is 0 Å². The van der Waals surface area contributed by atoms with Gasteiger partial charge >= 0.3 is 0 Å². The van der Waals surface area contributed by atoms with Crippen molar-refractivity contribution in [2.24, 2.45) is 0 Å². The second kappa shape index (κ2) is 6.17. The fraction of sp³-hybridized carbons (Fsp3) is 0.0455. The molecule has 1 aromatic heterocycles. The number of nitrogens with zero attached hydrogens (tertiary/aromatic N) is 1. The Bertz CT molecular complexity index is 936. The number of rotatable bonds is 3. The summed E-state index contributed by atoms with van der Waals surface area (Å²) in [5, 5.41) is 7.72. The Balaban J connectivity index is 1.69. The summed E-state index contributed by atoms with van der Waals surface area (Å²) >= 11 is 0. The molecule has 0 aliphatic heterocycles. The first-order valence-corrected chi connectivity index (χ1v) is 8.09. The predicted octanol–water partition coefficient (Wildman–Crippen LogP) is 5.72. The molecule has 3 aromatic carbocycles. The predicted molar refractivity (Wildman–Crippen MR) is 99.6 cm³/mol. The third-order valence-corrected chi connectivity index (χ3v) is 4.34. The number of hydrogen-bond donors (Lipinski definition) is 1. The summed E-state index contributed by atoms with van der Waals surface area (Å²) in [4.78, 5) is 0. The van der Waals surface area contributed by atoms with Gasteiger partial charge in [-0.1, -0.05) is 84.9 Å². The van der Waals surface area contributed by atoms with Crippen LogP contribution >= 0.6 is 0 Å². The molecule has 0 aliphatic carbocycles. The van der Waals surface area contributed by atoms with Crippen LogP contribution in [0.5, 0.6) is 0 Å². The Hall–Kier alpha value is -3.13. The molecule has 2 nitrogen and oxygen atoms in total. The van der Waals surface area contributed by atoms with Crippen molar-refractivity contribution in [2.45, 2.75) is 6.92 Å². The molecule has 0 atom stereocenters. The van der Waals surface area contributed by atoms with Gasteiger partial charge in [-0.3, -0.25) is 5.10 Å². The lowest BCUT2D eigenvalue weighted by Gasteiger charge is -2.04. The van der Waals surface area contributed by atoms with E-state index in [9.17, 15) is 0 Å². The molecular formula is C22H18N2. The van der Waals surface area contributed by atoms with E-state index in [1.165, 1.54) is 16.7 Å². The summed E-state index contributed by atoms with van der Waals surface area (Å²) in [7, 11) is 0. The molecule has 0 bridgehead atoms. The molecule has 116 valence electrons. The number of benzene rings is 3. The zero-order chi connectivity index (χ0) is 16.4. The second-order valence-corrected chi connectivity index (χ2v) is 5.88. The minimum atomic E-state index is 1.01. The van der Waals surface area contributed by atoms with Gasteiger partial charge < -0.3 is 0 Å². The molecule has 0 amide bonds. The molecule has 4 rings (SSSR count). The topological polar surface area (TPSA) is 28.7 Å². The van der Waals surface area contributed by atoms with Gasteiger partial charge in [0.25, 0.3) is 0 Å². The zero-order valence-electron chi connectivity index (χ0n) is 13.5. The van der Waals surface area contributed by atoms with Crippen LogP contribution < -0.4 is 0 Å². The highest BCUT2D eigenvalue weighted by Crippen LogP contribution is 2.30. The molecule has 24 heavy (non-hydrogen) atoms. The zero-order valence-corrected chi connectivity index (χ0v) is 13.5. The number of hydrogen-bond acceptors (Lipinski definition) is 1. The maximum atomic E-state index is 4.52. The molecule has 0 spiro atoms. The molecule has 0 unspecified atom stereocenters. The highest BCUT2D eigenvalue weighted by atomic mass is 15.1. The quantitative estimate of drug-likeness (QED) is 0.515. The van der Waals surface area contributed by atoms with E-state index in [1.54, 1.807) is 0 Å². The van der Waals surface area contributed by atoms with Gasteiger partial charge in [-0.25, -0.2) is 0 Å². The summed E-state index contributed by atoms with van der Waals surface area (Å²) < 4.78 is 0. The summed E-state index contributed by atoms with van der Waals surface area (Å²) in [6, 6.07) is 29.3. The lowest BCUT2D eigenvalue weighted by atomic mass is 10.00. The fourth-order valence-corrected chi connectivity index (χ4v) is 3.02. The summed E-state index contributed by atoms with van der Waals surface area (Å²) in [5.74, 6) is 0. The normalized spacial score (nSPS) is 10.7. The molecule has 0 radical (unpaired) electrons. The van der Waals surface area contributed by atoms with Gasteiger partial charge in [-0.05, 0) is 23.6 Å². The van der Waals surface area contributed by atoms with Crippen LogP contribution in [0, 0.1) is 6.92 Å². The van der Waals surface area contributed by atoms with Gasteiger partial charge in [0.15, 0.2) is 0 Å². The molecule has 4 aromatic rings. The first-order chi connectivity index (χ1) is 11.8. The van der Waals surface area contributed by atoms with Crippen LogP contribution in [0.2, 0.25) is 0 Å². The lowest BCUT2D eigenvalue weighted by Crippen LogP contribution is -1.83. The lowest BCUT2D eigenvalue weighted by molar-refractivity contribution is 1.10. The highest BCUT2D eigenvalue weighted by molar-refractivity contribution is 5.75. The molecule has 0 saturated heterocycles. The van der Waals surface area contributed by atoms with Crippen LogP contribution in [-0.4, -0.2) is 10.2 Å². The SMILES string of the molecule is Cc1c(-c2ccccc2)n[nH]c1-c1ccc(-c2ccccc2)cc1. The third-order valence-electron chi connectivity index (χ3n) is 4.34. The van der Waals surface area contributed by atoms with Gasteiger partial charge in [-0.15, -0.1) is 0 Å². The number of aromatic amines is 1. The minimum absolute atomic E-state index is 1.01. The largest absolute Gasteiger partial charge is 0.277 e. The Kier molecular flexibility index (Phi) is 3.72. The summed E-state index contributed by atoms with van der Waals surface area (Å²) in [5.41, 5.74) is 8.01. The van der Waals surface area contributed by atoms with E-state index in [-0.39, 0.29) is 0 Å². The van der Waals surface area contributed by atoms with Crippen molar-refractivity contribution in [1.82, 2.24) is 10.2 Å². The molecule has 0 fully saturated rings. The molecule has 0 aliphatic rings. The summed E-state index contributed by atoms with van der Waals surface area (Å²) in [6.07, 6.45) is 0. The number of aromatic nitrogens is 2.